The molecule has 27 heavy (non-hydrogen) atoms. The topological polar surface area (TPSA) is 52.8 Å². The fraction of sp³-hybridized carbons (Fsp3) is 0.263. The third-order valence-electron chi connectivity index (χ3n) is 3.99. The molecule has 8 heteroatoms. The maximum Gasteiger partial charge on any atom is 0.281 e. The van der Waals surface area contributed by atoms with Crippen molar-refractivity contribution in [3.05, 3.63) is 50.7 Å². The Labute approximate surface area is 170 Å². The summed E-state index contributed by atoms with van der Waals surface area (Å²) in [6.45, 7) is 2.79. The largest absolute Gasteiger partial charge is 0.493 e. The molecule has 0 saturated heterocycles. The first-order valence-electron chi connectivity index (χ1n) is 8.28. The third kappa shape index (κ3) is 3.98. The number of nitrogens with zero attached hydrogens (tertiary/aromatic N) is 2. The molecule has 3 rings (SSSR count). The molecule has 0 aliphatic heterocycles. The van der Waals surface area contributed by atoms with Gasteiger partial charge < -0.3 is 14.0 Å². The number of benzene rings is 2. The summed E-state index contributed by atoms with van der Waals surface area (Å²) in [5, 5.41) is 0.751. The molecule has 0 atom stereocenters. The summed E-state index contributed by atoms with van der Waals surface area (Å²) in [5.41, 5.74) is 1.25. The van der Waals surface area contributed by atoms with Crippen LogP contribution in [0, 0.1) is 0 Å². The fourth-order valence-corrected chi connectivity index (χ4v) is 4.29. The summed E-state index contributed by atoms with van der Waals surface area (Å²) < 4.78 is 13.7. The highest BCUT2D eigenvalue weighted by molar-refractivity contribution is 7.16. The van der Waals surface area contributed by atoms with E-state index in [4.69, 9.17) is 32.7 Å². The second-order valence-electron chi connectivity index (χ2n) is 5.75. The molecule has 3 aromatic rings. The number of aryl methyl sites for hydroxylation is 1. The van der Waals surface area contributed by atoms with E-state index < -0.39 is 5.91 Å². The lowest BCUT2D eigenvalue weighted by molar-refractivity contribution is 0.0998. The monoisotopic (exact) mass is 424 g/mol. The van der Waals surface area contributed by atoms with Crippen LogP contribution in [0.15, 0.2) is 35.3 Å². The highest BCUT2D eigenvalue weighted by Crippen LogP contribution is 2.33. The zero-order valence-corrected chi connectivity index (χ0v) is 17.4. The van der Waals surface area contributed by atoms with Crippen LogP contribution < -0.4 is 14.3 Å². The molecule has 0 saturated carbocycles. The Hall–Kier alpha value is -2.02. The maximum absolute atomic E-state index is 12.7. The summed E-state index contributed by atoms with van der Waals surface area (Å²) in [6, 6.07) is 8.53. The SMILES string of the molecule is CCCn1c(=NC(=O)c2ccc(Cl)cc2Cl)sc2cc(OC)c(OC)cc21. The molecular formula is C19H18Cl2N2O3S. The molecule has 1 aromatic heterocycles. The minimum atomic E-state index is -0.410. The molecule has 0 aliphatic carbocycles. The van der Waals surface area contributed by atoms with Gasteiger partial charge in [0.05, 0.1) is 35.0 Å². The molecule has 0 fully saturated rings. The molecule has 2 aromatic carbocycles. The van der Waals surface area contributed by atoms with E-state index in [2.05, 4.69) is 11.9 Å². The first-order chi connectivity index (χ1) is 13.0. The number of carbonyl (C=O) groups is 1. The molecule has 5 nitrogen and oxygen atoms in total. The lowest BCUT2D eigenvalue weighted by Crippen LogP contribution is -2.17. The van der Waals surface area contributed by atoms with Crippen molar-refractivity contribution in [3.8, 4) is 11.5 Å². The number of aromatic nitrogens is 1. The predicted molar refractivity (Wildman–Crippen MR) is 110 cm³/mol. The molecule has 1 amide bonds. The van der Waals surface area contributed by atoms with E-state index in [1.165, 1.54) is 17.4 Å². The Kier molecular flexibility index (Phi) is 6.09. The van der Waals surface area contributed by atoms with Crippen LogP contribution >= 0.6 is 34.5 Å². The quantitative estimate of drug-likeness (QED) is 0.566. The fourth-order valence-electron chi connectivity index (χ4n) is 2.73. The minimum absolute atomic E-state index is 0.280. The van der Waals surface area contributed by atoms with Gasteiger partial charge in [-0.15, -0.1) is 0 Å². The lowest BCUT2D eigenvalue weighted by Gasteiger charge is -2.08. The van der Waals surface area contributed by atoms with E-state index >= 15 is 0 Å². The smallest absolute Gasteiger partial charge is 0.281 e. The van der Waals surface area contributed by atoms with Crippen molar-refractivity contribution in [2.24, 2.45) is 4.99 Å². The van der Waals surface area contributed by atoms with Crippen LogP contribution in [0.5, 0.6) is 11.5 Å². The molecule has 1 heterocycles. The van der Waals surface area contributed by atoms with Crippen molar-refractivity contribution in [2.75, 3.05) is 14.2 Å². The summed E-state index contributed by atoms with van der Waals surface area (Å²) in [6.07, 6.45) is 0.892. The Bertz CT molecular complexity index is 1070. The van der Waals surface area contributed by atoms with Crippen molar-refractivity contribution >= 4 is 50.7 Å². The van der Waals surface area contributed by atoms with Gasteiger partial charge in [0.25, 0.3) is 5.91 Å². The zero-order valence-electron chi connectivity index (χ0n) is 15.1. The lowest BCUT2D eigenvalue weighted by atomic mass is 10.2. The molecule has 0 aliphatic rings. The van der Waals surface area contributed by atoms with E-state index in [0.29, 0.717) is 26.9 Å². The predicted octanol–water partition coefficient (Wildman–Crippen LogP) is 5.18. The highest BCUT2D eigenvalue weighted by Gasteiger charge is 2.14. The third-order valence-corrected chi connectivity index (χ3v) is 5.58. The molecule has 142 valence electrons. The van der Waals surface area contributed by atoms with Gasteiger partial charge >= 0.3 is 0 Å². The van der Waals surface area contributed by atoms with E-state index in [0.717, 1.165) is 23.2 Å². The van der Waals surface area contributed by atoms with Crippen LogP contribution in [-0.4, -0.2) is 24.7 Å². The second kappa shape index (κ2) is 8.33. The van der Waals surface area contributed by atoms with Gasteiger partial charge in [-0.3, -0.25) is 4.79 Å². The van der Waals surface area contributed by atoms with E-state index in [9.17, 15) is 4.79 Å². The van der Waals surface area contributed by atoms with Gasteiger partial charge in [0.2, 0.25) is 0 Å². The Balaban J connectivity index is 2.18. The van der Waals surface area contributed by atoms with Crippen LogP contribution in [0.3, 0.4) is 0 Å². The van der Waals surface area contributed by atoms with E-state index in [1.54, 1.807) is 26.4 Å². The van der Waals surface area contributed by atoms with Gasteiger partial charge in [0.1, 0.15) is 0 Å². The number of carbonyl (C=O) groups excluding carboxylic acids is 1. The number of hydrogen-bond acceptors (Lipinski definition) is 4. The number of halogens is 2. The summed E-state index contributed by atoms with van der Waals surface area (Å²) in [4.78, 5) is 17.6. The number of hydrogen-bond donors (Lipinski definition) is 0. The van der Waals surface area contributed by atoms with Crippen LogP contribution in [0.25, 0.3) is 10.2 Å². The normalized spacial score (nSPS) is 11.8. The Morgan fingerprint density at radius 2 is 1.85 bits per heavy atom. The van der Waals surface area contributed by atoms with Crippen molar-refractivity contribution in [1.29, 1.82) is 0 Å². The van der Waals surface area contributed by atoms with Gasteiger partial charge in [0.15, 0.2) is 16.3 Å². The van der Waals surface area contributed by atoms with Crippen LogP contribution in [0.1, 0.15) is 23.7 Å². The van der Waals surface area contributed by atoms with Crippen LogP contribution in [-0.2, 0) is 6.54 Å². The molecular weight excluding hydrogens is 407 g/mol. The number of methoxy groups -OCH3 is 2. The van der Waals surface area contributed by atoms with Gasteiger partial charge in [0, 0.05) is 23.7 Å². The number of rotatable bonds is 5. The zero-order chi connectivity index (χ0) is 19.6. The van der Waals surface area contributed by atoms with Gasteiger partial charge in [-0.05, 0) is 24.6 Å². The average Bonchev–Trinajstić information content (AvgIpc) is 2.96. The standard InChI is InChI=1S/C19H18Cl2N2O3S/c1-4-7-23-14-9-15(25-2)16(26-3)10-17(14)27-19(23)22-18(24)12-6-5-11(20)8-13(12)21/h5-6,8-10H,4,7H2,1-3H3. The van der Waals surface area contributed by atoms with Gasteiger partial charge in [-0.2, -0.15) is 4.99 Å². The minimum Gasteiger partial charge on any atom is -0.493 e. The summed E-state index contributed by atoms with van der Waals surface area (Å²) >= 11 is 13.5. The van der Waals surface area contributed by atoms with Crippen LogP contribution in [0.4, 0.5) is 0 Å². The number of thiazole rings is 1. The second-order valence-corrected chi connectivity index (χ2v) is 7.61. The molecule has 0 radical (unpaired) electrons. The highest BCUT2D eigenvalue weighted by atomic mass is 35.5. The summed E-state index contributed by atoms with van der Waals surface area (Å²) in [5.74, 6) is 0.854. The van der Waals surface area contributed by atoms with Crippen molar-refractivity contribution < 1.29 is 14.3 Å². The van der Waals surface area contributed by atoms with Crippen molar-refractivity contribution in [1.82, 2.24) is 4.57 Å². The van der Waals surface area contributed by atoms with E-state index in [-0.39, 0.29) is 5.02 Å². The van der Waals surface area contributed by atoms with Crippen molar-refractivity contribution in [3.63, 3.8) is 0 Å². The molecule has 0 N–H and O–H groups in total. The first kappa shape index (κ1) is 19.7. The molecule has 0 spiro atoms. The Morgan fingerprint density at radius 3 is 2.48 bits per heavy atom. The number of fused-ring (bicyclic) bond motifs is 1. The average molecular weight is 425 g/mol. The van der Waals surface area contributed by atoms with Gasteiger partial charge in [-0.25, -0.2) is 0 Å². The number of ether oxygens (including phenoxy) is 2. The molecule has 0 bridgehead atoms. The van der Waals surface area contributed by atoms with E-state index in [1.807, 2.05) is 16.7 Å². The van der Waals surface area contributed by atoms with Crippen LogP contribution in [0.2, 0.25) is 10.0 Å². The summed E-state index contributed by atoms with van der Waals surface area (Å²) in [7, 11) is 3.19. The maximum atomic E-state index is 12.7. The van der Waals surface area contributed by atoms with Gasteiger partial charge in [-0.1, -0.05) is 41.5 Å². The first-order valence-corrected chi connectivity index (χ1v) is 9.85. The Morgan fingerprint density at radius 1 is 1.15 bits per heavy atom. The van der Waals surface area contributed by atoms with Crippen molar-refractivity contribution in [2.45, 2.75) is 19.9 Å². The molecule has 0 unspecified atom stereocenters. The number of amides is 1.